The molecule has 6 aromatic rings. The van der Waals surface area contributed by atoms with Crippen LogP contribution >= 0.6 is 0 Å². The van der Waals surface area contributed by atoms with Crippen LogP contribution in [-0.4, -0.2) is 4.98 Å². The zero-order valence-corrected chi connectivity index (χ0v) is 22.7. The molecule has 0 N–H and O–H groups in total. The number of aromatic nitrogens is 1. The van der Waals surface area contributed by atoms with Gasteiger partial charge in [-0.05, 0) is 63.9 Å². The van der Waals surface area contributed by atoms with Crippen molar-refractivity contribution in [2.45, 2.75) is 39.5 Å². The highest BCUT2D eigenvalue weighted by Crippen LogP contribution is 2.41. The highest BCUT2D eigenvalue weighted by molar-refractivity contribution is 6.13. The van der Waals surface area contributed by atoms with Crippen LogP contribution in [0.4, 0.5) is 5.69 Å². The SMILES string of the molecule is [C-]#[N+]c1cccc(-c2cccc3c2oc2c(-c4cc(-c5c(C(C)C)cccc5C(C)C)ccn4)cccc23)c1. The minimum absolute atomic E-state index is 0.411. The van der Waals surface area contributed by atoms with Crippen LogP contribution in [0.2, 0.25) is 0 Å². The summed E-state index contributed by atoms with van der Waals surface area (Å²) in [5.74, 6) is 0.822. The monoisotopic (exact) mass is 506 g/mol. The van der Waals surface area contributed by atoms with Gasteiger partial charge in [0.05, 0.1) is 12.3 Å². The third kappa shape index (κ3) is 4.29. The molecule has 4 aromatic carbocycles. The lowest BCUT2D eigenvalue weighted by Crippen LogP contribution is -2.00. The Labute approximate surface area is 229 Å². The average molecular weight is 507 g/mol. The summed E-state index contributed by atoms with van der Waals surface area (Å²) in [6.45, 7) is 16.4. The molecule has 190 valence electrons. The molecule has 0 aliphatic carbocycles. The quantitative estimate of drug-likeness (QED) is 0.218. The number of benzene rings is 4. The summed E-state index contributed by atoms with van der Waals surface area (Å²) in [5, 5.41) is 2.12. The van der Waals surface area contributed by atoms with Gasteiger partial charge < -0.3 is 4.42 Å². The largest absolute Gasteiger partial charge is 0.455 e. The summed E-state index contributed by atoms with van der Waals surface area (Å²) < 4.78 is 6.65. The van der Waals surface area contributed by atoms with E-state index >= 15 is 0 Å². The van der Waals surface area contributed by atoms with Gasteiger partial charge in [-0.1, -0.05) is 94.4 Å². The van der Waals surface area contributed by atoms with Crippen LogP contribution < -0.4 is 0 Å². The fraction of sp³-hybridized carbons (Fsp3) is 0.167. The van der Waals surface area contributed by atoms with Crippen molar-refractivity contribution in [2.24, 2.45) is 0 Å². The molecule has 3 nitrogen and oxygen atoms in total. The van der Waals surface area contributed by atoms with Crippen molar-refractivity contribution < 1.29 is 4.42 Å². The molecule has 0 bridgehead atoms. The summed E-state index contributed by atoms with van der Waals surface area (Å²) in [6, 6.07) is 31.2. The van der Waals surface area contributed by atoms with Gasteiger partial charge in [-0.2, -0.15) is 0 Å². The van der Waals surface area contributed by atoms with E-state index in [-0.39, 0.29) is 0 Å². The molecule has 0 saturated carbocycles. The van der Waals surface area contributed by atoms with Crippen molar-refractivity contribution in [1.82, 2.24) is 4.98 Å². The summed E-state index contributed by atoms with van der Waals surface area (Å²) in [5.41, 5.74) is 11.3. The fourth-order valence-corrected chi connectivity index (χ4v) is 5.61. The molecule has 6 rings (SSSR count). The van der Waals surface area contributed by atoms with Crippen LogP contribution in [0.5, 0.6) is 0 Å². The van der Waals surface area contributed by atoms with Gasteiger partial charge in [0.15, 0.2) is 5.69 Å². The number of hydrogen-bond donors (Lipinski definition) is 0. The van der Waals surface area contributed by atoms with E-state index in [1.54, 1.807) is 0 Å². The molecule has 0 aliphatic heterocycles. The molecule has 0 amide bonds. The van der Waals surface area contributed by atoms with Gasteiger partial charge in [-0.15, -0.1) is 0 Å². The Kier molecular flexibility index (Phi) is 6.25. The number of hydrogen-bond acceptors (Lipinski definition) is 2. The molecular formula is C36H30N2O. The minimum Gasteiger partial charge on any atom is -0.455 e. The lowest BCUT2D eigenvalue weighted by Gasteiger charge is -2.20. The lowest BCUT2D eigenvalue weighted by molar-refractivity contribution is 0.671. The predicted molar refractivity (Wildman–Crippen MR) is 162 cm³/mol. The molecule has 0 atom stereocenters. The number of furan rings is 1. The van der Waals surface area contributed by atoms with E-state index in [9.17, 15) is 0 Å². The van der Waals surface area contributed by atoms with Crippen molar-refractivity contribution in [2.75, 3.05) is 0 Å². The Morgan fingerprint density at radius 2 is 1.28 bits per heavy atom. The minimum atomic E-state index is 0.411. The van der Waals surface area contributed by atoms with Crippen molar-refractivity contribution >= 4 is 27.6 Å². The number of fused-ring (bicyclic) bond motifs is 3. The second kappa shape index (κ2) is 9.89. The zero-order chi connectivity index (χ0) is 27.1. The fourth-order valence-electron chi connectivity index (χ4n) is 5.61. The van der Waals surface area contributed by atoms with Gasteiger partial charge in [0.25, 0.3) is 0 Å². The topological polar surface area (TPSA) is 30.4 Å². The Hall–Kier alpha value is -4.68. The maximum absolute atomic E-state index is 7.42. The number of pyridine rings is 1. The van der Waals surface area contributed by atoms with E-state index in [2.05, 4.69) is 99.3 Å². The first kappa shape index (κ1) is 24.6. The molecule has 2 aromatic heterocycles. The first-order valence-electron chi connectivity index (χ1n) is 13.5. The van der Waals surface area contributed by atoms with Crippen LogP contribution in [-0.2, 0) is 0 Å². The Morgan fingerprint density at radius 1 is 0.667 bits per heavy atom. The van der Waals surface area contributed by atoms with Crippen molar-refractivity contribution in [3.63, 3.8) is 0 Å². The molecule has 0 unspecified atom stereocenters. The third-order valence-electron chi connectivity index (χ3n) is 7.51. The van der Waals surface area contributed by atoms with Gasteiger partial charge >= 0.3 is 0 Å². The second-order valence-corrected chi connectivity index (χ2v) is 10.7. The van der Waals surface area contributed by atoms with E-state index in [0.29, 0.717) is 17.5 Å². The van der Waals surface area contributed by atoms with Crippen LogP contribution in [0.3, 0.4) is 0 Å². The Bertz CT molecular complexity index is 1860. The maximum Gasteiger partial charge on any atom is 0.187 e. The van der Waals surface area contributed by atoms with E-state index in [1.807, 2.05) is 30.5 Å². The Balaban J connectivity index is 1.56. The van der Waals surface area contributed by atoms with Crippen molar-refractivity contribution in [3.8, 4) is 33.5 Å². The summed E-state index contributed by atoms with van der Waals surface area (Å²) in [4.78, 5) is 8.43. The van der Waals surface area contributed by atoms with Gasteiger partial charge in [0.1, 0.15) is 11.2 Å². The molecule has 0 spiro atoms. The summed E-state index contributed by atoms with van der Waals surface area (Å²) >= 11 is 0. The van der Waals surface area contributed by atoms with Crippen LogP contribution in [0.1, 0.15) is 50.7 Å². The van der Waals surface area contributed by atoms with Gasteiger partial charge in [0.2, 0.25) is 0 Å². The number of nitrogens with zero attached hydrogens (tertiary/aromatic N) is 2. The van der Waals surface area contributed by atoms with Crippen LogP contribution in [0.25, 0.3) is 60.3 Å². The number of para-hydroxylation sites is 2. The normalized spacial score (nSPS) is 11.5. The smallest absolute Gasteiger partial charge is 0.187 e. The summed E-state index contributed by atoms with van der Waals surface area (Å²) in [7, 11) is 0. The van der Waals surface area contributed by atoms with E-state index in [4.69, 9.17) is 16.0 Å². The number of rotatable bonds is 5. The molecule has 39 heavy (non-hydrogen) atoms. The third-order valence-corrected chi connectivity index (χ3v) is 7.51. The maximum atomic E-state index is 7.42. The molecule has 0 aliphatic rings. The second-order valence-electron chi connectivity index (χ2n) is 10.7. The molecule has 0 radical (unpaired) electrons. The van der Waals surface area contributed by atoms with Crippen molar-refractivity contribution in [1.29, 1.82) is 0 Å². The zero-order valence-electron chi connectivity index (χ0n) is 22.7. The van der Waals surface area contributed by atoms with Gasteiger partial charge in [0, 0.05) is 28.1 Å². The first-order valence-corrected chi connectivity index (χ1v) is 13.5. The van der Waals surface area contributed by atoms with Gasteiger partial charge in [-0.25, -0.2) is 4.85 Å². The lowest BCUT2D eigenvalue weighted by atomic mass is 9.85. The van der Waals surface area contributed by atoms with E-state index in [1.165, 1.54) is 22.3 Å². The Morgan fingerprint density at radius 3 is 1.95 bits per heavy atom. The molecule has 3 heteroatoms. The van der Waals surface area contributed by atoms with E-state index in [0.717, 1.165) is 44.3 Å². The average Bonchev–Trinajstić information content (AvgIpc) is 3.36. The summed E-state index contributed by atoms with van der Waals surface area (Å²) in [6.07, 6.45) is 1.91. The highest BCUT2D eigenvalue weighted by Gasteiger charge is 2.19. The molecule has 0 saturated heterocycles. The van der Waals surface area contributed by atoms with Crippen LogP contribution in [0, 0.1) is 6.57 Å². The standard InChI is InChI=1S/C36H30N2O/c1-22(2)27-12-7-13-28(23(3)4)34(27)25-18-19-38-33(21-25)32-17-9-16-31-30-15-8-14-29(35(30)39-36(31)32)24-10-6-11-26(20-24)37-5/h6-23H,1-4H3. The molecule has 2 heterocycles. The first-order chi connectivity index (χ1) is 19.0. The molecular weight excluding hydrogens is 476 g/mol. The van der Waals surface area contributed by atoms with Crippen molar-refractivity contribution in [3.05, 3.63) is 120 Å². The van der Waals surface area contributed by atoms with Crippen LogP contribution in [0.15, 0.2) is 102 Å². The predicted octanol–water partition coefficient (Wildman–Crippen LogP) is 10.8. The highest BCUT2D eigenvalue weighted by atomic mass is 16.3. The molecule has 0 fully saturated rings. The van der Waals surface area contributed by atoms with E-state index < -0.39 is 0 Å². The van der Waals surface area contributed by atoms with Gasteiger partial charge in [-0.3, -0.25) is 4.98 Å².